The number of ether oxygens (including phenoxy) is 2. The minimum Gasteiger partial charge on any atom is -0.493 e. The average molecular weight is 1660 g/mol. The maximum Gasteiger partial charge on any atom is 0.143 e. The summed E-state index contributed by atoms with van der Waals surface area (Å²) in [5.41, 5.74) is 27.0. The number of nitrogens with one attached hydrogen (secondary N) is 12. The third-order valence-electron chi connectivity index (χ3n) is 24.4. The van der Waals surface area contributed by atoms with Gasteiger partial charge in [0.2, 0.25) is 0 Å². The van der Waals surface area contributed by atoms with Gasteiger partial charge in [-0.25, -0.2) is 59.8 Å². The number of aryl methyl sites for hydroxylation is 11. The third-order valence-corrected chi connectivity index (χ3v) is 24.4. The van der Waals surface area contributed by atoms with Crippen LogP contribution in [0.1, 0.15) is 183 Å². The molecule has 0 amide bonds. The maximum atomic E-state index is 5.70. The lowest BCUT2D eigenvalue weighted by Gasteiger charge is -2.27. The van der Waals surface area contributed by atoms with Crippen molar-refractivity contribution in [3.8, 4) is 11.5 Å². The Hall–Kier alpha value is -14.6. The number of nitrogens with zero attached hydrogens (tertiary/aromatic N) is 12. The van der Waals surface area contributed by atoms with Crippen molar-refractivity contribution in [1.29, 1.82) is 0 Å². The first-order valence-corrected chi connectivity index (χ1v) is 43.4. The van der Waals surface area contributed by atoms with Crippen LogP contribution >= 0.6 is 0 Å². The molecule has 2 aliphatic heterocycles. The summed E-state index contributed by atoms with van der Waals surface area (Å²) < 4.78 is 11.4. The van der Waals surface area contributed by atoms with Crippen LogP contribution < -0.4 is 41.4 Å². The molecule has 6 atom stereocenters. The number of anilines is 6. The second-order valence-corrected chi connectivity index (χ2v) is 33.3. The van der Waals surface area contributed by atoms with Crippen molar-refractivity contribution in [2.75, 3.05) is 45.1 Å². The summed E-state index contributed by atoms with van der Waals surface area (Å²) in [6, 6.07) is 63.3. The van der Waals surface area contributed by atoms with Crippen molar-refractivity contribution in [2.24, 2.45) is 0 Å². The number of hydrogen-bond donors (Lipinski definition) is 12. The van der Waals surface area contributed by atoms with E-state index in [1.165, 1.54) is 99.7 Å². The summed E-state index contributed by atoms with van der Waals surface area (Å²) in [6.07, 6.45) is 23.4. The Labute approximate surface area is 723 Å². The lowest BCUT2D eigenvalue weighted by Crippen LogP contribution is -2.20. The van der Waals surface area contributed by atoms with Crippen LogP contribution in [-0.4, -0.2) is 103 Å². The summed E-state index contributed by atoms with van der Waals surface area (Å²) >= 11 is 0. The Balaban J connectivity index is 0.0000000982. The predicted octanol–water partition coefficient (Wildman–Crippen LogP) is 21.0. The second kappa shape index (κ2) is 35.9. The first kappa shape index (κ1) is 80.2. The molecule has 18 aromatic rings. The van der Waals surface area contributed by atoms with Gasteiger partial charge in [-0.2, -0.15) is 0 Å². The molecule has 24 rings (SSSR count). The lowest BCUT2D eigenvalue weighted by molar-refractivity contribution is 0.274. The van der Waals surface area contributed by atoms with Gasteiger partial charge in [0.25, 0.3) is 0 Å². The molecule has 12 aromatic heterocycles. The summed E-state index contributed by atoms with van der Waals surface area (Å²) in [5, 5.41) is 27.8. The van der Waals surface area contributed by atoms with Gasteiger partial charge in [0.05, 0.1) is 75.2 Å². The molecule has 125 heavy (non-hydrogen) atoms. The molecule has 6 unspecified atom stereocenters. The largest absolute Gasteiger partial charge is 0.493 e. The number of aromatic amines is 6. The highest BCUT2D eigenvalue weighted by atomic mass is 16.5. The quantitative estimate of drug-likeness (QED) is 0.0540. The van der Waals surface area contributed by atoms with Crippen LogP contribution in [0.25, 0.3) is 66.2 Å². The molecule has 6 aromatic carbocycles. The van der Waals surface area contributed by atoms with Gasteiger partial charge >= 0.3 is 0 Å². The van der Waals surface area contributed by atoms with E-state index < -0.39 is 0 Å². The summed E-state index contributed by atoms with van der Waals surface area (Å²) in [4.78, 5) is 71.7. The zero-order valence-corrected chi connectivity index (χ0v) is 71.3. The molecule has 12 N–H and O–H groups in total. The first-order valence-electron chi connectivity index (χ1n) is 43.4. The number of benzene rings is 6. The fraction of sp³-hybridized carbons (Fsp3) is 0.273. The van der Waals surface area contributed by atoms with Crippen LogP contribution in [0.4, 0.5) is 34.9 Å². The highest BCUT2D eigenvalue weighted by Gasteiger charge is 2.29. The van der Waals surface area contributed by atoms with Crippen molar-refractivity contribution in [3.05, 3.63) is 309 Å². The third kappa shape index (κ3) is 17.7. The number of aromatic nitrogens is 18. The van der Waals surface area contributed by atoms with Crippen LogP contribution in [0.15, 0.2) is 214 Å². The zero-order chi connectivity index (χ0) is 84.9. The molecular weight excluding hydrogens is 1560 g/mol. The zero-order valence-electron chi connectivity index (χ0n) is 71.3. The fourth-order valence-corrected chi connectivity index (χ4v) is 18.5. The highest BCUT2D eigenvalue weighted by molar-refractivity contribution is 5.92. The van der Waals surface area contributed by atoms with Crippen LogP contribution in [0.5, 0.6) is 11.5 Å². The minimum absolute atomic E-state index is 0.125. The average Bonchev–Trinajstić information content (AvgIpc) is 1.61. The van der Waals surface area contributed by atoms with E-state index in [1.54, 1.807) is 38.0 Å². The Kier molecular flexibility index (Phi) is 23.0. The summed E-state index contributed by atoms with van der Waals surface area (Å²) in [6.45, 7) is 15.7. The van der Waals surface area contributed by atoms with Gasteiger partial charge in [-0.15, -0.1) is 0 Å². The Morgan fingerprint density at radius 2 is 0.536 bits per heavy atom. The standard InChI is InChI=1S/C18H20N4.2C17H18N4.C16H16N4O.C16H16N4.C15H14N4O/c1-11-6-7-14-13(8-11)4-3-5-16(14)22-18-15-9-12(2)21-17(15)19-10-20-18;2*1-11-9-14-16(20-11)18-10-19-17(14)21-15-8-4-6-12-5-2-3-7-13(12)15;1-10-8-12-15(19-10)17-9-18-16(12)20-13-6-7-21-14-5-3-2-4-11(13)14;1-10-8-13-15(19-10)17-9-18-16(13)20-14-7-6-11-4-2-3-5-12(11)14;1-9-6-11-14(18-9)16-8-17-15(11)19-12-7-20-13-5-3-2-4-10(12)13/h6-10,16H,3-5H2,1-2H3,(H2,19,20,21,22);2*2-3,5,7,9-10,15H,4,6,8H2,1H3,(H2,18,19,20,21);2-5,8-9,13H,6-7H2,1H3,(H2,17,18,19,20);2-5,8-9,14H,6-7H2,1H3,(H2,17,18,19,20);2-6,8,12H,7H2,1H3,(H2,16,17,18,19). The SMILES string of the molecule is Cc1cc2c(NC3CCCc4ccccc43)ncnc2[nH]1.Cc1cc2c(NC3CCCc4ccccc43)ncnc2[nH]1.Cc1cc2c(NC3CCOc4ccccc43)ncnc2[nH]1.Cc1cc2c(NC3CCc4ccccc43)ncnc2[nH]1.Cc1cc2c(NC3COc4ccccc43)ncnc2[nH]1.Cc1ccc2c(c1)CCCC2Nc1ncnc2[nH]c(C)cc12. The van der Waals surface area contributed by atoms with Gasteiger partial charge in [-0.1, -0.05) is 133 Å². The molecule has 0 radical (unpaired) electrons. The van der Waals surface area contributed by atoms with E-state index in [0.717, 1.165) is 192 Å². The molecule has 26 nitrogen and oxygen atoms in total. The number of H-pyrrole nitrogens is 6. The van der Waals surface area contributed by atoms with Gasteiger partial charge < -0.3 is 71.3 Å². The van der Waals surface area contributed by atoms with Crippen molar-refractivity contribution in [2.45, 2.75) is 162 Å². The smallest absolute Gasteiger partial charge is 0.143 e. The summed E-state index contributed by atoms with van der Waals surface area (Å²) in [5.74, 6) is 7.29. The van der Waals surface area contributed by atoms with Gasteiger partial charge in [0, 0.05) is 51.7 Å². The highest BCUT2D eigenvalue weighted by Crippen LogP contribution is 2.42. The first-order chi connectivity index (χ1) is 61.3. The second-order valence-electron chi connectivity index (χ2n) is 33.3. The lowest BCUT2D eigenvalue weighted by atomic mass is 9.86. The Morgan fingerprint density at radius 1 is 0.256 bits per heavy atom. The fourth-order valence-electron chi connectivity index (χ4n) is 18.5. The van der Waals surface area contributed by atoms with Crippen molar-refractivity contribution in [1.82, 2.24) is 89.7 Å². The number of hydrogen-bond acceptors (Lipinski definition) is 20. The molecule has 630 valence electrons. The van der Waals surface area contributed by atoms with Crippen LogP contribution in [0, 0.1) is 48.5 Å². The molecule has 0 spiro atoms. The topological polar surface area (TPSA) is 340 Å². The van der Waals surface area contributed by atoms with E-state index in [1.807, 2.05) is 77.9 Å². The van der Waals surface area contributed by atoms with E-state index in [0.29, 0.717) is 30.8 Å². The normalized spacial score (nSPS) is 17.4. The van der Waals surface area contributed by atoms with E-state index in [9.17, 15) is 0 Å². The molecule has 14 heterocycles. The van der Waals surface area contributed by atoms with E-state index in [4.69, 9.17) is 9.47 Å². The molecule has 6 aliphatic rings. The van der Waals surface area contributed by atoms with E-state index in [2.05, 4.69) is 268 Å². The van der Waals surface area contributed by atoms with Crippen LogP contribution in [0.2, 0.25) is 0 Å². The number of para-hydroxylation sites is 2. The van der Waals surface area contributed by atoms with E-state index in [-0.39, 0.29) is 12.1 Å². The molecule has 0 saturated carbocycles. The van der Waals surface area contributed by atoms with E-state index >= 15 is 0 Å². The predicted molar refractivity (Wildman–Crippen MR) is 496 cm³/mol. The molecule has 4 aliphatic carbocycles. The van der Waals surface area contributed by atoms with Crippen molar-refractivity contribution in [3.63, 3.8) is 0 Å². The van der Waals surface area contributed by atoms with Gasteiger partial charge in [-0.05, 0) is 212 Å². The molecule has 0 bridgehead atoms. The monoisotopic (exact) mass is 1660 g/mol. The van der Waals surface area contributed by atoms with Gasteiger partial charge in [-0.3, -0.25) is 0 Å². The molecule has 0 saturated heterocycles. The van der Waals surface area contributed by atoms with Gasteiger partial charge in [0.1, 0.15) is 125 Å². The molecule has 0 fully saturated rings. The maximum absolute atomic E-state index is 5.70. The number of fused-ring (bicyclic) bond motifs is 12. The Bertz CT molecular complexity index is 6420. The van der Waals surface area contributed by atoms with Gasteiger partial charge in [0.15, 0.2) is 0 Å². The Morgan fingerprint density at radius 3 is 0.904 bits per heavy atom. The minimum atomic E-state index is 0.125. The van der Waals surface area contributed by atoms with Crippen LogP contribution in [0.3, 0.4) is 0 Å². The number of rotatable bonds is 12. The van der Waals surface area contributed by atoms with Crippen LogP contribution in [-0.2, 0) is 25.7 Å². The molecular formula is C99H102N24O2. The summed E-state index contributed by atoms with van der Waals surface area (Å²) in [7, 11) is 0. The molecule has 26 heteroatoms. The van der Waals surface area contributed by atoms with Crippen molar-refractivity contribution < 1.29 is 9.47 Å². The van der Waals surface area contributed by atoms with Crippen molar-refractivity contribution >= 4 is 101 Å².